The number of nitrogen functional groups attached to an aromatic ring is 1. The summed E-state index contributed by atoms with van der Waals surface area (Å²) in [6.07, 6.45) is 0. The van der Waals surface area contributed by atoms with E-state index in [1.807, 2.05) is 0 Å². The molecule has 0 radical (unpaired) electrons. The van der Waals surface area contributed by atoms with Crippen molar-refractivity contribution in [3.8, 4) is 5.69 Å². The van der Waals surface area contributed by atoms with Gasteiger partial charge in [-0.25, -0.2) is 18.2 Å². The van der Waals surface area contributed by atoms with Gasteiger partial charge < -0.3 is 5.73 Å². The molecule has 3 nitrogen and oxygen atoms in total. The van der Waals surface area contributed by atoms with Crippen LogP contribution in [0.2, 0.25) is 5.02 Å². The standard InChI is InChI=1S/C13H7ClF3N3/c14-6-1-2-11-10(3-6)19-13(18)20(11)12-5-8(16)7(15)4-9(12)17/h1-5H,(H2,18,19). The van der Waals surface area contributed by atoms with Crippen molar-refractivity contribution in [3.63, 3.8) is 0 Å². The predicted octanol–water partition coefficient (Wildman–Crippen LogP) is 3.68. The van der Waals surface area contributed by atoms with Crippen LogP contribution >= 0.6 is 11.6 Å². The number of nitrogens with two attached hydrogens (primary N) is 1. The molecular formula is C13H7ClF3N3. The fraction of sp³-hybridized carbons (Fsp3) is 0. The zero-order chi connectivity index (χ0) is 14.4. The summed E-state index contributed by atoms with van der Waals surface area (Å²) in [6.45, 7) is 0. The van der Waals surface area contributed by atoms with Gasteiger partial charge in [0.1, 0.15) is 5.82 Å². The van der Waals surface area contributed by atoms with Crippen LogP contribution in [0.15, 0.2) is 30.3 Å². The number of halogens is 4. The predicted molar refractivity (Wildman–Crippen MR) is 70.4 cm³/mol. The Labute approximate surface area is 116 Å². The molecule has 3 rings (SSSR count). The Hall–Kier alpha value is -2.21. The lowest BCUT2D eigenvalue weighted by molar-refractivity contribution is 0.493. The van der Waals surface area contributed by atoms with Crippen LogP contribution in [0.25, 0.3) is 16.7 Å². The van der Waals surface area contributed by atoms with Crippen LogP contribution in [0.3, 0.4) is 0 Å². The highest BCUT2D eigenvalue weighted by molar-refractivity contribution is 6.31. The Morgan fingerprint density at radius 1 is 1.00 bits per heavy atom. The molecule has 0 bridgehead atoms. The molecule has 3 aromatic rings. The van der Waals surface area contributed by atoms with Crippen LogP contribution in [0.4, 0.5) is 19.1 Å². The maximum atomic E-state index is 13.8. The second-order valence-electron chi connectivity index (χ2n) is 4.16. The summed E-state index contributed by atoms with van der Waals surface area (Å²) in [6, 6.07) is 5.88. The van der Waals surface area contributed by atoms with Gasteiger partial charge in [0.05, 0.1) is 16.7 Å². The van der Waals surface area contributed by atoms with Gasteiger partial charge >= 0.3 is 0 Å². The minimum atomic E-state index is -1.27. The van der Waals surface area contributed by atoms with Crippen LogP contribution in [0.1, 0.15) is 0 Å². The first kappa shape index (κ1) is 12.8. The van der Waals surface area contributed by atoms with Crippen molar-refractivity contribution in [3.05, 3.63) is 52.8 Å². The zero-order valence-electron chi connectivity index (χ0n) is 9.87. The van der Waals surface area contributed by atoms with Crippen molar-refractivity contribution < 1.29 is 13.2 Å². The number of anilines is 1. The normalized spacial score (nSPS) is 11.2. The summed E-state index contributed by atoms with van der Waals surface area (Å²) in [5.41, 5.74) is 6.37. The van der Waals surface area contributed by atoms with Crippen LogP contribution in [-0.4, -0.2) is 9.55 Å². The summed E-state index contributed by atoms with van der Waals surface area (Å²) < 4.78 is 41.3. The first-order valence-corrected chi connectivity index (χ1v) is 5.93. The van der Waals surface area contributed by atoms with Gasteiger partial charge in [-0.05, 0) is 18.2 Å². The van der Waals surface area contributed by atoms with Crippen LogP contribution in [0, 0.1) is 17.5 Å². The lowest BCUT2D eigenvalue weighted by Crippen LogP contribution is -2.04. The van der Waals surface area contributed by atoms with Crippen molar-refractivity contribution in [1.29, 1.82) is 0 Å². The van der Waals surface area contributed by atoms with Gasteiger partial charge in [0.15, 0.2) is 11.6 Å². The van der Waals surface area contributed by atoms with E-state index in [2.05, 4.69) is 4.98 Å². The number of nitrogens with zero attached hydrogens (tertiary/aromatic N) is 2. The van der Waals surface area contributed by atoms with E-state index >= 15 is 0 Å². The molecule has 2 N–H and O–H groups in total. The minimum absolute atomic E-state index is 0.0489. The Balaban J connectivity index is 2.35. The smallest absolute Gasteiger partial charge is 0.206 e. The third-order valence-corrected chi connectivity index (χ3v) is 3.11. The van der Waals surface area contributed by atoms with Gasteiger partial charge in [-0.2, -0.15) is 0 Å². The molecule has 0 saturated heterocycles. The molecule has 0 saturated carbocycles. The van der Waals surface area contributed by atoms with E-state index in [-0.39, 0.29) is 11.6 Å². The summed E-state index contributed by atoms with van der Waals surface area (Å²) in [4.78, 5) is 4.02. The highest BCUT2D eigenvalue weighted by Crippen LogP contribution is 2.27. The van der Waals surface area contributed by atoms with E-state index in [9.17, 15) is 13.2 Å². The third kappa shape index (κ3) is 1.89. The fourth-order valence-corrected chi connectivity index (χ4v) is 2.17. The van der Waals surface area contributed by atoms with Crippen molar-refractivity contribution in [2.75, 3.05) is 5.73 Å². The van der Waals surface area contributed by atoms with Gasteiger partial charge in [-0.1, -0.05) is 11.6 Å². The molecule has 1 heterocycles. The highest BCUT2D eigenvalue weighted by atomic mass is 35.5. The average Bonchev–Trinajstić information content (AvgIpc) is 2.69. The molecule has 102 valence electrons. The number of rotatable bonds is 1. The Kier molecular flexibility index (Phi) is 2.83. The van der Waals surface area contributed by atoms with Gasteiger partial charge in [0.2, 0.25) is 5.95 Å². The summed E-state index contributed by atoms with van der Waals surface area (Å²) in [5, 5.41) is 0.438. The van der Waals surface area contributed by atoms with E-state index in [0.717, 1.165) is 6.07 Å². The second-order valence-corrected chi connectivity index (χ2v) is 4.59. The molecule has 7 heteroatoms. The number of hydrogen-bond donors (Lipinski definition) is 1. The summed E-state index contributed by atoms with van der Waals surface area (Å²) in [5.74, 6) is -3.43. The lowest BCUT2D eigenvalue weighted by atomic mass is 10.2. The van der Waals surface area contributed by atoms with Crippen molar-refractivity contribution >= 4 is 28.6 Å². The van der Waals surface area contributed by atoms with Gasteiger partial charge in [0, 0.05) is 17.2 Å². The minimum Gasteiger partial charge on any atom is -0.369 e. The second kappa shape index (κ2) is 4.42. The largest absolute Gasteiger partial charge is 0.369 e. The molecule has 2 aromatic carbocycles. The summed E-state index contributed by atoms with van der Waals surface area (Å²) >= 11 is 5.83. The number of imidazole rings is 1. The number of fused-ring (bicyclic) bond motifs is 1. The van der Waals surface area contributed by atoms with Crippen LogP contribution in [0.5, 0.6) is 0 Å². The van der Waals surface area contributed by atoms with Crippen LogP contribution in [-0.2, 0) is 0 Å². The zero-order valence-corrected chi connectivity index (χ0v) is 10.6. The number of aromatic nitrogens is 2. The van der Waals surface area contributed by atoms with Crippen LogP contribution < -0.4 is 5.73 Å². The highest BCUT2D eigenvalue weighted by Gasteiger charge is 2.16. The Morgan fingerprint density at radius 3 is 2.45 bits per heavy atom. The van der Waals surface area contributed by atoms with Gasteiger partial charge in [0.25, 0.3) is 0 Å². The molecule has 0 aliphatic rings. The van der Waals surface area contributed by atoms with Gasteiger partial charge in [-0.15, -0.1) is 0 Å². The Bertz CT molecular complexity index is 829. The first-order valence-electron chi connectivity index (χ1n) is 5.56. The topological polar surface area (TPSA) is 43.8 Å². The van der Waals surface area contributed by atoms with E-state index < -0.39 is 17.5 Å². The van der Waals surface area contributed by atoms with Crippen molar-refractivity contribution in [1.82, 2.24) is 9.55 Å². The van der Waals surface area contributed by atoms with E-state index in [0.29, 0.717) is 22.1 Å². The average molecular weight is 298 g/mol. The maximum Gasteiger partial charge on any atom is 0.206 e. The molecular weight excluding hydrogens is 291 g/mol. The number of benzene rings is 2. The quantitative estimate of drug-likeness (QED) is 0.696. The van der Waals surface area contributed by atoms with Crippen molar-refractivity contribution in [2.45, 2.75) is 0 Å². The monoisotopic (exact) mass is 297 g/mol. The van der Waals surface area contributed by atoms with Crippen molar-refractivity contribution in [2.24, 2.45) is 0 Å². The first-order chi connectivity index (χ1) is 9.47. The SMILES string of the molecule is Nc1nc2cc(Cl)ccc2n1-c1cc(F)c(F)cc1F. The molecule has 1 aromatic heterocycles. The third-order valence-electron chi connectivity index (χ3n) is 2.87. The lowest BCUT2D eigenvalue weighted by Gasteiger charge is -2.08. The molecule has 0 unspecified atom stereocenters. The molecule has 0 amide bonds. The molecule has 0 aliphatic heterocycles. The van der Waals surface area contributed by atoms with E-state index in [1.165, 1.54) is 4.57 Å². The van der Waals surface area contributed by atoms with E-state index in [1.54, 1.807) is 18.2 Å². The molecule has 0 fully saturated rings. The molecule has 0 atom stereocenters. The Morgan fingerprint density at radius 2 is 1.70 bits per heavy atom. The maximum absolute atomic E-state index is 13.8. The van der Waals surface area contributed by atoms with Gasteiger partial charge in [-0.3, -0.25) is 4.57 Å². The summed E-state index contributed by atoms with van der Waals surface area (Å²) in [7, 11) is 0. The molecule has 0 aliphatic carbocycles. The number of hydrogen-bond acceptors (Lipinski definition) is 2. The van der Waals surface area contributed by atoms with E-state index in [4.69, 9.17) is 17.3 Å². The molecule has 20 heavy (non-hydrogen) atoms. The molecule has 0 spiro atoms. The fourth-order valence-electron chi connectivity index (χ4n) is 2.01.